The Labute approximate surface area is 64.9 Å². The van der Waals surface area contributed by atoms with Gasteiger partial charge >= 0.3 is 0 Å². The maximum absolute atomic E-state index is 6.73. The summed E-state index contributed by atoms with van der Waals surface area (Å²) >= 11 is 1.65. The Kier molecular flexibility index (Phi) is 2.35. The van der Waals surface area contributed by atoms with E-state index in [1.807, 2.05) is 30.5 Å². The Morgan fingerprint density at radius 3 is 2.90 bits per heavy atom. The van der Waals surface area contributed by atoms with Gasteiger partial charge in [0.25, 0.3) is 0 Å². The van der Waals surface area contributed by atoms with Crippen LogP contribution in [0.3, 0.4) is 0 Å². The molecule has 2 heteroatoms. The van der Waals surface area contributed by atoms with Gasteiger partial charge < -0.3 is 0 Å². The van der Waals surface area contributed by atoms with Crippen LogP contribution < -0.4 is 0 Å². The monoisotopic (exact) mass is 149 g/mol. The van der Waals surface area contributed by atoms with E-state index in [1.54, 1.807) is 11.8 Å². The second-order valence-corrected chi connectivity index (χ2v) is 2.69. The van der Waals surface area contributed by atoms with Crippen molar-refractivity contribution in [3.8, 4) is 0 Å². The minimum Gasteiger partial charge on any atom is -0.238 e. The van der Waals surface area contributed by atoms with E-state index in [4.69, 9.17) is 6.57 Å². The first kappa shape index (κ1) is 7.17. The first-order valence-corrected chi connectivity index (χ1v) is 4.11. The molecule has 0 radical (unpaired) electrons. The minimum atomic E-state index is 0.715. The number of thioether (sulfide) groups is 1. The molecule has 0 heterocycles. The van der Waals surface area contributed by atoms with E-state index >= 15 is 0 Å². The Bertz CT molecular complexity index is 262. The van der Waals surface area contributed by atoms with E-state index in [-0.39, 0.29) is 0 Å². The summed E-state index contributed by atoms with van der Waals surface area (Å²) in [7, 11) is 0. The van der Waals surface area contributed by atoms with Crippen molar-refractivity contribution in [1.82, 2.24) is 0 Å². The third-order valence-electron chi connectivity index (χ3n) is 1.18. The average Bonchev–Trinajstić information content (AvgIpc) is 2.05. The van der Waals surface area contributed by atoms with Crippen LogP contribution in [0.1, 0.15) is 0 Å². The molecule has 0 saturated heterocycles. The summed E-state index contributed by atoms with van der Waals surface area (Å²) in [5, 5.41) is 0. The molecule has 0 aliphatic heterocycles. The third-order valence-corrected chi connectivity index (χ3v) is 1.91. The lowest BCUT2D eigenvalue weighted by Gasteiger charge is -1.93. The lowest BCUT2D eigenvalue weighted by atomic mass is 10.3. The molecule has 0 fully saturated rings. The van der Waals surface area contributed by atoms with Gasteiger partial charge in [-0.3, -0.25) is 0 Å². The quantitative estimate of drug-likeness (QED) is 0.438. The molecule has 0 atom stereocenters. The first-order valence-electron chi connectivity index (χ1n) is 2.88. The fraction of sp³-hybridized carbons (Fsp3) is 0.125. The van der Waals surface area contributed by atoms with Crippen LogP contribution in [0.2, 0.25) is 0 Å². The fourth-order valence-corrected chi connectivity index (χ4v) is 1.13. The van der Waals surface area contributed by atoms with E-state index in [0.29, 0.717) is 5.69 Å². The lowest BCUT2D eigenvalue weighted by molar-refractivity contribution is 1.48. The zero-order valence-corrected chi connectivity index (χ0v) is 6.48. The molecular weight excluding hydrogens is 142 g/mol. The van der Waals surface area contributed by atoms with Gasteiger partial charge in [0.1, 0.15) is 0 Å². The molecule has 0 N–H and O–H groups in total. The summed E-state index contributed by atoms with van der Waals surface area (Å²) in [5.74, 6) is 0. The first-order chi connectivity index (χ1) is 4.86. The van der Waals surface area contributed by atoms with Crippen molar-refractivity contribution >= 4 is 17.4 Å². The molecule has 0 aliphatic rings. The van der Waals surface area contributed by atoms with Crippen LogP contribution >= 0.6 is 11.8 Å². The van der Waals surface area contributed by atoms with Crippen molar-refractivity contribution in [2.45, 2.75) is 4.90 Å². The van der Waals surface area contributed by atoms with Crippen molar-refractivity contribution in [3.05, 3.63) is 35.7 Å². The molecule has 10 heavy (non-hydrogen) atoms. The van der Waals surface area contributed by atoms with Crippen molar-refractivity contribution in [3.63, 3.8) is 0 Å². The number of hydrogen-bond donors (Lipinski definition) is 0. The van der Waals surface area contributed by atoms with Crippen molar-refractivity contribution in [1.29, 1.82) is 0 Å². The molecule has 1 nitrogen and oxygen atoms in total. The van der Waals surface area contributed by atoms with Crippen LogP contribution in [-0.4, -0.2) is 6.26 Å². The lowest BCUT2D eigenvalue weighted by Crippen LogP contribution is -1.65. The fourth-order valence-electron chi connectivity index (χ4n) is 0.680. The topological polar surface area (TPSA) is 4.36 Å². The van der Waals surface area contributed by atoms with Gasteiger partial charge in [0.15, 0.2) is 5.69 Å². The highest BCUT2D eigenvalue weighted by molar-refractivity contribution is 7.98. The molecule has 1 aromatic rings. The van der Waals surface area contributed by atoms with E-state index in [2.05, 4.69) is 4.85 Å². The molecule has 0 aromatic heterocycles. The predicted molar refractivity (Wildman–Crippen MR) is 44.5 cm³/mol. The van der Waals surface area contributed by atoms with Gasteiger partial charge in [0, 0.05) is 0 Å². The standard InChI is InChI=1S/C8H7NS/c1-9-7-4-3-5-8(6-7)10-2/h3-6H,2H3. The number of hydrogen-bond acceptors (Lipinski definition) is 1. The van der Waals surface area contributed by atoms with Crippen molar-refractivity contribution < 1.29 is 0 Å². The second-order valence-electron chi connectivity index (χ2n) is 1.81. The second kappa shape index (κ2) is 3.28. The molecule has 1 aromatic carbocycles. The summed E-state index contributed by atoms with van der Waals surface area (Å²) in [4.78, 5) is 4.46. The van der Waals surface area contributed by atoms with Crippen LogP contribution in [0.5, 0.6) is 0 Å². The van der Waals surface area contributed by atoms with Crippen molar-refractivity contribution in [2.24, 2.45) is 0 Å². The number of nitrogens with zero attached hydrogens (tertiary/aromatic N) is 1. The summed E-state index contributed by atoms with van der Waals surface area (Å²) in [6.07, 6.45) is 2.00. The molecule has 0 amide bonds. The Balaban J connectivity index is 3.01. The Hall–Kier alpha value is -0.940. The summed E-state index contributed by atoms with van der Waals surface area (Å²) in [6.45, 7) is 6.73. The molecule has 0 spiro atoms. The van der Waals surface area contributed by atoms with Crippen LogP contribution in [0.15, 0.2) is 29.2 Å². The van der Waals surface area contributed by atoms with E-state index in [9.17, 15) is 0 Å². The summed E-state index contributed by atoms with van der Waals surface area (Å²) in [5.41, 5.74) is 0.715. The number of benzene rings is 1. The zero-order valence-electron chi connectivity index (χ0n) is 5.66. The van der Waals surface area contributed by atoms with Gasteiger partial charge in [-0.05, 0) is 17.2 Å². The summed E-state index contributed by atoms with van der Waals surface area (Å²) < 4.78 is 0. The summed E-state index contributed by atoms with van der Waals surface area (Å²) in [6, 6.07) is 7.60. The van der Waals surface area contributed by atoms with Crippen LogP contribution in [0, 0.1) is 6.57 Å². The zero-order chi connectivity index (χ0) is 7.40. The predicted octanol–water partition coefficient (Wildman–Crippen LogP) is 2.96. The van der Waals surface area contributed by atoms with Crippen LogP contribution in [0.4, 0.5) is 5.69 Å². The SMILES string of the molecule is [C-]#[N+]c1cccc(SC)c1. The Morgan fingerprint density at radius 2 is 2.30 bits per heavy atom. The van der Waals surface area contributed by atoms with Gasteiger partial charge in [0.2, 0.25) is 0 Å². The molecular formula is C8H7NS. The Morgan fingerprint density at radius 1 is 1.50 bits per heavy atom. The highest BCUT2D eigenvalue weighted by atomic mass is 32.2. The molecule has 0 unspecified atom stereocenters. The molecule has 0 aliphatic carbocycles. The van der Waals surface area contributed by atoms with Crippen LogP contribution in [0.25, 0.3) is 4.85 Å². The van der Waals surface area contributed by atoms with E-state index in [1.165, 1.54) is 0 Å². The number of rotatable bonds is 1. The maximum atomic E-state index is 6.73. The van der Waals surface area contributed by atoms with Crippen molar-refractivity contribution in [2.75, 3.05) is 6.26 Å². The van der Waals surface area contributed by atoms with E-state index < -0.39 is 0 Å². The smallest absolute Gasteiger partial charge is 0.188 e. The molecule has 50 valence electrons. The average molecular weight is 149 g/mol. The van der Waals surface area contributed by atoms with Gasteiger partial charge in [-0.25, -0.2) is 4.85 Å². The molecule has 0 bridgehead atoms. The largest absolute Gasteiger partial charge is 0.238 e. The third kappa shape index (κ3) is 1.52. The van der Waals surface area contributed by atoms with Gasteiger partial charge in [-0.2, -0.15) is 0 Å². The maximum Gasteiger partial charge on any atom is 0.188 e. The van der Waals surface area contributed by atoms with Gasteiger partial charge in [-0.15, -0.1) is 11.8 Å². The highest BCUT2D eigenvalue weighted by Gasteiger charge is 1.90. The highest BCUT2D eigenvalue weighted by Crippen LogP contribution is 2.20. The normalized spacial score (nSPS) is 8.80. The van der Waals surface area contributed by atoms with Crippen LogP contribution in [-0.2, 0) is 0 Å². The minimum absolute atomic E-state index is 0.715. The van der Waals surface area contributed by atoms with E-state index in [0.717, 1.165) is 4.90 Å². The molecule has 0 saturated carbocycles. The molecule has 1 rings (SSSR count). The van der Waals surface area contributed by atoms with Gasteiger partial charge in [-0.1, -0.05) is 18.2 Å². The van der Waals surface area contributed by atoms with Gasteiger partial charge in [0.05, 0.1) is 6.57 Å².